The molecule has 148 valence electrons. The maximum absolute atomic E-state index is 13.4. The minimum atomic E-state index is -0.274. The van der Waals surface area contributed by atoms with E-state index in [0.29, 0.717) is 17.6 Å². The average Bonchev–Trinajstić information content (AvgIpc) is 2.98. The van der Waals surface area contributed by atoms with Crippen LogP contribution in [0.2, 0.25) is 0 Å². The monoisotopic (exact) mass is 407 g/mol. The molecule has 0 saturated carbocycles. The van der Waals surface area contributed by atoms with Gasteiger partial charge < -0.3 is 4.90 Å². The molecule has 0 N–H and O–H groups in total. The molecule has 0 bridgehead atoms. The summed E-state index contributed by atoms with van der Waals surface area (Å²) in [5, 5.41) is 1.23. The lowest BCUT2D eigenvalue weighted by molar-refractivity contribution is -0.127. The molecule has 0 saturated heterocycles. The van der Waals surface area contributed by atoms with Crippen LogP contribution in [-0.2, 0) is 24.2 Å². The van der Waals surface area contributed by atoms with Crippen molar-refractivity contribution in [2.24, 2.45) is 5.92 Å². The fourth-order valence-corrected chi connectivity index (χ4v) is 5.85. The lowest BCUT2D eigenvalue weighted by Gasteiger charge is -2.19. The van der Waals surface area contributed by atoms with Crippen molar-refractivity contribution in [3.05, 3.63) is 20.8 Å². The van der Waals surface area contributed by atoms with Crippen LogP contribution in [0.5, 0.6) is 0 Å². The number of hydrogen-bond donors (Lipinski definition) is 0. The Morgan fingerprint density at radius 3 is 2.63 bits per heavy atom. The SMILES string of the molecule is CC(C)CCn1c(SC(C)C(=O)N(C)C)nc2sc3c(c2c1=O)CCCC3. The van der Waals surface area contributed by atoms with Crippen molar-refractivity contribution >= 4 is 39.2 Å². The van der Waals surface area contributed by atoms with E-state index in [-0.39, 0.29) is 16.7 Å². The Bertz CT molecular complexity index is 899. The first-order valence-corrected chi connectivity index (χ1v) is 11.4. The van der Waals surface area contributed by atoms with Crippen molar-refractivity contribution < 1.29 is 4.79 Å². The number of amides is 1. The van der Waals surface area contributed by atoms with Crippen LogP contribution in [-0.4, -0.2) is 39.7 Å². The summed E-state index contributed by atoms with van der Waals surface area (Å²) in [4.78, 5) is 34.4. The van der Waals surface area contributed by atoms with E-state index >= 15 is 0 Å². The molecule has 27 heavy (non-hydrogen) atoms. The Kier molecular flexibility index (Phi) is 6.31. The fraction of sp³-hybridized carbons (Fsp3) is 0.650. The average molecular weight is 408 g/mol. The number of hydrogen-bond acceptors (Lipinski definition) is 5. The molecular weight excluding hydrogens is 378 g/mol. The third kappa shape index (κ3) is 4.24. The zero-order valence-electron chi connectivity index (χ0n) is 16.9. The number of carbonyl (C=O) groups is 1. The highest BCUT2D eigenvalue weighted by atomic mass is 32.2. The molecule has 2 aromatic rings. The Morgan fingerprint density at radius 1 is 1.26 bits per heavy atom. The molecule has 1 aliphatic rings. The zero-order valence-corrected chi connectivity index (χ0v) is 18.5. The van der Waals surface area contributed by atoms with Crippen molar-refractivity contribution in [3.63, 3.8) is 0 Å². The molecule has 0 radical (unpaired) electrons. The van der Waals surface area contributed by atoms with Crippen LogP contribution in [0, 0.1) is 5.92 Å². The van der Waals surface area contributed by atoms with Crippen LogP contribution < -0.4 is 5.56 Å². The molecule has 3 rings (SSSR count). The molecule has 1 aliphatic carbocycles. The first kappa shape index (κ1) is 20.4. The lowest BCUT2D eigenvalue weighted by atomic mass is 9.97. The number of aromatic nitrogens is 2. The topological polar surface area (TPSA) is 55.2 Å². The third-order valence-corrected chi connectivity index (χ3v) is 7.30. The van der Waals surface area contributed by atoms with Crippen LogP contribution >= 0.6 is 23.1 Å². The summed E-state index contributed by atoms with van der Waals surface area (Å²) in [5.74, 6) is 0.540. The van der Waals surface area contributed by atoms with E-state index < -0.39 is 0 Å². The Balaban J connectivity index is 2.08. The Labute approximate surface area is 169 Å². The molecule has 1 atom stereocenters. The van der Waals surface area contributed by atoms with Gasteiger partial charge in [-0.2, -0.15) is 0 Å². The molecule has 0 aromatic carbocycles. The summed E-state index contributed by atoms with van der Waals surface area (Å²) in [6.07, 6.45) is 5.30. The smallest absolute Gasteiger partial charge is 0.263 e. The Morgan fingerprint density at radius 2 is 1.96 bits per heavy atom. The zero-order chi connectivity index (χ0) is 19.7. The molecule has 1 unspecified atom stereocenters. The third-order valence-electron chi connectivity index (χ3n) is 5.04. The van der Waals surface area contributed by atoms with Crippen molar-refractivity contribution in [3.8, 4) is 0 Å². The predicted molar refractivity (Wildman–Crippen MR) is 114 cm³/mol. The Hall–Kier alpha value is -1.34. The van der Waals surface area contributed by atoms with E-state index in [9.17, 15) is 9.59 Å². The van der Waals surface area contributed by atoms with Gasteiger partial charge in [0.25, 0.3) is 5.56 Å². The summed E-state index contributed by atoms with van der Waals surface area (Å²) < 4.78 is 1.81. The predicted octanol–water partition coefficient (Wildman–Crippen LogP) is 3.95. The van der Waals surface area contributed by atoms with E-state index in [0.717, 1.165) is 35.9 Å². The van der Waals surface area contributed by atoms with Gasteiger partial charge in [0.05, 0.1) is 10.6 Å². The standard InChI is InChI=1S/C20H29N3O2S2/c1-12(2)10-11-23-19(25)16-14-8-6-7-9-15(14)27-17(16)21-20(23)26-13(3)18(24)22(4)5/h12-13H,6-11H2,1-5H3. The summed E-state index contributed by atoms with van der Waals surface area (Å²) in [5.41, 5.74) is 1.30. The van der Waals surface area contributed by atoms with Crippen LogP contribution in [0.25, 0.3) is 10.2 Å². The van der Waals surface area contributed by atoms with Gasteiger partial charge >= 0.3 is 0 Å². The molecule has 0 aliphatic heterocycles. The fourth-order valence-electron chi connectivity index (χ4n) is 3.47. The lowest BCUT2D eigenvalue weighted by Crippen LogP contribution is -2.31. The van der Waals surface area contributed by atoms with E-state index in [1.807, 2.05) is 11.5 Å². The number of nitrogens with zero attached hydrogens (tertiary/aromatic N) is 3. The van der Waals surface area contributed by atoms with Gasteiger partial charge in [-0.05, 0) is 50.5 Å². The first-order chi connectivity index (χ1) is 12.8. The molecule has 2 aromatic heterocycles. The number of carbonyl (C=O) groups excluding carboxylic acids is 1. The number of thiophene rings is 1. The largest absolute Gasteiger partial charge is 0.348 e. The molecule has 0 fully saturated rings. The van der Waals surface area contributed by atoms with Crippen LogP contribution in [0.3, 0.4) is 0 Å². The number of thioether (sulfide) groups is 1. The number of aryl methyl sites for hydroxylation is 2. The van der Waals surface area contributed by atoms with Gasteiger partial charge in [-0.25, -0.2) is 4.98 Å². The summed E-state index contributed by atoms with van der Waals surface area (Å²) >= 11 is 3.07. The van der Waals surface area contributed by atoms with Gasteiger partial charge in [0.1, 0.15) is 4.83 Å². The molecule has 2 heterocycles. The minimum Gasteiger partial charge on any atom is -0.348 e. The maximum atomic E-state index is 13.4. The van der Waals surface area contributed by atoms with Crippen molar-refractivity contribution in [1.29, 1.82) is 0 Å². The second-order valence-electron chi connectivity index (χ2n) is 7.92. The van der Waals surface area contributed by atoms with E-state index in [1.165, 1.54) is 28.6 Å². The molecular formula is C20H29N3O2S2. The number of fused-ring (bicyclic) bond motifs is 3. The summed E-state index contributed by atoms with van der Waals surface area (Å²) in [7, 11) is 3.52. The molecule has 7 heteroatoms. The molecule has 1 amide bonds. The highest BCUT2D eigenvalue weighted by molar-refractivity contribution is 8.00. The van der Waals surface area contributed by atoms with Crippen molar-refractivity contribution in [2.75, 3.05) is 14.1 Å². The van der Waals surface area contributed by atoms with E-state index in [1.54, 1.807) is 30.3 Å². The first-order valence-electron chi connectivity index (χ1n) is 9.72. The highest BCUT2D eigenvalue weighted by Crippen LogP contribution is 2.35. The van der Waals surface area contributed by atoms with Crippen LogP contribution in [0.4, 0.5) is 0 Å². The summed E-state index contributed by atoms with van der Waals surface area (Å²) in [6.45, 7) is 6.85. The van der Waals surface area contributed by atoms with Crippen molar-refractivity contribution in [2.45, 2.75) is 69.8 Å². The summed E-state index contributed by atoms with van der Waals surface area (Å²) in [6, 6.07) is 0. The van der Waals surface area contributed by atoms with Crippen molar-refractivity contribution in [1.82, 2.24) is 14.5 Å². The maximum Gasteiger partial charge on any atom is 0.263 e. The van der Waals surface area contributed by atoms with Crippen LogP contribution in [0.1, 0.15) is 50.5 Å². The van der Waals surface area contributed by atoms with E-state index in [2.05, 4.69) is 13.8 Å². The van der Waals surface area contributed by atoms with Gasteiger partial charge in [-0.15, -0.1) is 11.3 Å². The second kappa shape index (κ2) is 8.35. The normalized spacial score (nSPS) is 15.2. The van der Waals surface area contributed by atoms with Gasteiger partial charge in [-0.3, -0.25) is 14.2 Å². The number of rotatable bonds is 6. The molecule has 5 nitrogen and oxygen atoms in total. The quantitative estimate of drug-likeness (QED) is 0.537. The van der Waals surface area contributed by atoms with E-state index in [4.69, 9.17) is 4.98 Å². The minimum absolute atomic E-state index is 0.0372. The van der Waals surface area contributed by atoms with Gasteiger partial charge in [0.15, 0.2) is 5.16 Å². The van der Waals surface area contributed by atoms with Gasteiger partial charge in [-0.1, -0.05) is 25.6 Å². The van der Waals surface area contributed by atoms with Gasteiger partial charge in [0.2, 0.25) is 5.91 Å². The highest BCUT2D eigenvalue weighted by Gasteiger charge is 2.24. The van der Waals surface area contributed by atoms with Crippen LogP contribution in [0.15, 0.2) is 9.95 Å². The second-order valence-corrected chi connectivity index (χ2v) is 10.3. The molecule has 0 spiro atoms. The van der Waals surface area contributed by atoms with Gasteiger partial charge in [0, 0.05) is 25.5 Å².